The third-order valence-corrected chi connectivity index (χ3v) is 1.54. The molecule has 0 aromatic carbocycles. The molecule has 0 aliphatic heterocycles. The van der Waals surface area contributed by atoms with Crippen molar-refractivity contribution < 1.29 is 0 Å². The zero-order valence-corrected chi connectivity index (χ0v) is 12.0. The lowest BCUT2D eigenvalue weighted by Crippen LogP contribution is -1.96. The average molecular weight is 227 g/mol. The normalized spacial score (nSPS) is 8.62. The molecule has 0 N–H and O–H groups in total. The van der Waals surface area contributed by atoms with Crippen molar-refractivity contribution in [3.63, 3.8) is 0 Å². The predicted octanol–water partition coefficient (Wildman–Crippen LogP) is 4.08. The van der Waals surface area contributed by atoms with Crippen molar-refractivity contribution in [3.05, 3.63) is 11.9 Å². The van der Waals surface area contributed by atoms with Gasteiger partial charge in [-0.2, -0.15) is 0 Å². The van der Waals surface area contributed by atoms with Crippen LogP contribution in [-0.4, -0.2) is 15.0 Å². The second-order valence-electron chi connectivity index (χ2n) is 3.43. The van der Waals surface area contributed by atoms with Gasteiger partial charge in [0.2, 0.25) is 0 Å². The largest absolute Gasteiger partial charge is 0.252 e. The van der Waals surface area contributed by atoms with Gasteiger partial charge in [-0.15, -0.1) is 5.10 Å². The maximum Gasteiger partial charge on any atom is 0.0827 e. The highest BCUT2D eigenvalue weighted by Crippen LogP contribution is 1.97. The van der Waals surface area contributed by atoms with Crippen LogP contribution in [0.4, 0.5) is 0 Å². The van der Waals surface area contributed by atoms with E-state index >= 15 is 0 Å². The molecule has 1 aromatic heterocycles. The second kappa shape index (κ2) is 14.1. The SMILES string of the molecule is CC.CCC.CCCc1cn(CCC)nn1. The highest BCUT2D eigenvalue weighted by Gasteiger charge is 1.96. The molecule has 1 heterocycles. The molecule has 0 radical (unpaired) electrons. The van der Waals surface area contributed by atoms with Crippen molar-refractivity contribution in [1.82, 2.24) is 15.0 Å². The first-order valence-electron chi connectivity index (χ1n) is 6.67. The molecule has 3 heteroatoms. The van der Waals surface area contributed by atoms with Crippen molar-refractivity contribution in [2.45, 2.75) is 73.8 Å². The topological polar surface area (TPSA) is 30.7 Å². The standard InChI is InChI=1S/C8H15N3.C3H8.C2H6/c1-3-5-8-7-11(6-4-2)10-9-8;1-3-2;1-2/h7H,3-6H2,1-2H3;3H2,1-2H3;1-2H3. The van der Waals surface area contributed by atoms with Crippen LogP contribution in [0.25, 0.3) is 0 Å². The summed E-state index contributed by atoms with van der Waals surface area (Å²) in [5, 5.41) is 8.03. The van der Waals surface area contributed by atoms with E-state index in [0.717, 1.165) is 31.5 Å². The molecular weight excluding hydrogens is 198 g/mol. The van der Waals surface area contributed by atoms with Crippen molar-refractivity contribution >= 4 is 0 Å². The Labute approximate surface area is 101 Å². The molecule has 0 amide bonds. The summed E-state index contributed by atoms with van der Waals surface area (Å²) in [5.41, 5.74) is 1.11. The average Bonchev–Trinajstić information content (AvgIpc) is 2.71. The molecule has 0 aliphatic carbocycles. The van der Waals surface area contributed by atoms with E-state index in [-0.39, 0.29) is 0 Å². The third kappa shape index (κ3) is 9.69. The van der Waals surface area contributed by atoms with E-state index in [0.29, 0.717) is 0 Å². The molecule has 0 unspecified atom stereocenters. The number of nitrogens with zero attached hydrogens (tertiary/aromatic N) is 3. The Morgan fingerprint density at radius 3 is 2.06 bits per heavy atom. The van der Waals surface area contributed by atoms with Crippen molar-refractivity contribution in [2.24, 2.45) is 0 Å². The molecule has 1 rings (SSSR count). The molecule has 16 heavy (non-hydrogen) atoms. The molecule has 0 aliphatic rings. The van der Waals surface area contributed by atoms with Crippen LogP contribution >= 0.6 is 0 Å². The van der Waals surface area contributed by atoms with Gasteiger partial charge in [0.05, 0.1) is 5.69 Å². The lowest BCUT2D eigenvalue weighted by atomic mass is 10.3. The molecule has 0 saturated carbocycles. The summed E-state index contributed by atoms with van der Waals surface area (Å²) in [7, 11) is 0. The first-order chi connectivity index (χ1) is 7.78. The summed E-state index contributed by atoms with van der Waals surface area (Å²) < 4.78 is 1.91. The molecule has 0 atom stereocenters. The van der Waals surface area contributed by atoms with Crippen LogP contribution in [0.1, 0.15) is 66.5 Å². The number of aryl methyl sites for hydroxylation is 2. The number of rotatable bonds is 4. The first kappa shape index (κ1) is 17.5. The van der Waals surface area contributed by atoms with Crippen molar-refractivity contribution in [1.29, 1.82) is 0 Å². The molecular formula is C13H29N3. The van der Waals surface area contributed by atoms with Crippen LogP contribution in [0.15, 0.2) is 6.20 Å². The molecule has 0 bridgehead atoms. The van der Waals surface area contributed by atoms with Gasteiger partial charge < -0.3 is 0 Å². The number of aromatic nitrogens is 3. The predicted molar refractivity (Wildman–Crippen MR) is 71.6 cm³/mol. The molecule has 1 aromatic rings. The Morgan fingerprint density at radius 2 is 1.62 bits per heavy atom. The zero-order valence-electron chi connectivity index (χ0n) is 12.0. The van der Waals surface area contributed by atoms with E-state index < -0.39 is 0 Å². The Balaban J connectivity index is 0. The Morgan fingerprint density at radius 1 is 1.06 bits per heavy atom. The fourth-order valence-corrected chi connectivity index (χ4v) is 1.05. The van der Waals surface area contributed by atoms with Crippen LogP contribution in [0.3, 0.4) is 0 Å². The fourth-order valence-electron chi connectivity index (χ4n) is 1.05. The summed E-state index contributed by atoms with van der Waals surface area (Å²) in [6, 6.07) is 0. The van der Waals surface area contributed by atoms with Crippen LogP contribution in [0, 0.1) is 0 Å². The Hall–Kier alpha value is -0.860. The van der Waals surface area contributed by atoms with Gasteiger partial charge in [0, 0.05) is 12.7 Å². The van der Waals surface area contributed by atoms with E-state index in [1.165, 1.54) is 6.42 Å². The fraction of sp³-hybridized carbons (Fsp3) is 0.846. The molecule has 0 saturated heterocycles. The van der Waals surface area contributed by atoms with Crippen LogP contribution in [0.2, 0.25) is 0 Å². The van der Waals surface area contributed by atoms with E-state index in [1.54, 1.807) is 0 Å². The highest BCUT2D eigenvalue weighted by atomic mass is 15.4. The molecule has 0 fully saturated rings. The molecule has 96 valence electrons. The highest BCUT2D eigenvalue weighted by molar-refractivity contribution is 4.91. The zero-order chi connectivity index (χ0) is 12.8. The maximum absolute atomic E-state index is 4.04. The van der Waals surface area contributed by atoms with Crippen LogP contribution < -0.4 is 0 Å². The lowest BCUT2D eigenvalue weighted by molar-refractivity contribution is 0.579. The minimum absolute atomic E-state index is 0.983. The summed E-state index contributed by atoms with van der Waals surface area (Å²) in [6.45, 7) is 13.5. The van der Waals surface area contributed by atoms with E-state index in [2.05, 4.69) is 38.0 Å². The minimum Gasteiger partial charge on any atom is -0.252 e. The van der Waals surface area contributed by atoms with E-state index in [9.17, 15) is 0 Å². The second-order valence-corrected chi connectivity index (χ2v) is 3.43. The van der Waals surface area contributed by atoms with Gasteiger partial charge in [-0.25, -0.2) is 0 Å². The van der Waals surface area contributed by atoms with E-state index in [1.807, 2.05) is 24.7 Å². The summed E-state index contributed by atoms with van der Waals surface area (Å²) in [6.07, 6.45) is 6.59. The third-order valence-electron chi connectivity index (χ3n) is 1.54. The monoisotopic (exact) mass is 227 g/mol. The minimum atomic E-state index is 0.983. The van der Waals surface area contributed by atoms with Gasteiger partial charge in [0.15, 0.2) is 0 Å². The summed E-state index contributed by atoms with van der Waals surface area (Å²) in [4.78, 5) is 0. The summed E-state index contributed by atoms with van der Waals surface area (Å²) in [5.74, 6) is 0. The molecule has 0 spiro atoms. The lowest BCUT2D eigenvalue weighted by Gasteiger charge is -1.92. The van der Waals surface area contributed by atoms with Gasteiger partial charge in [-0.05, 0) is 12.8 Å². The maximum atomic E-state index is 4.04. The van der Waals surface area contributed by atoms with Crippen molar-refractivity contribution in [2.75, 3.05) is 0 Å². The number of hydrogen-bond donors (Lipinski definition) is 0. The Bertz CT molecular complexity index is 198. The quantitative estimate of drug-likeness (QED) is 0.776. The van der Waals surface area contributed by atoms with Crippen LogP contribution in [0.5, 0.6) is 0 Å². The van der Waals surface area contributed by atoms with Gasteiger partial charge >= 0.3 is 0 Å². The summed E-state index contributed by atoms with van der Waals surface area (Å²) >= 11 is 0. The number of hydrogen-bond acceptors (Lipinski definition) is 2. The van der Waals surface area contributed by atoms with Gasteiger partial charge in [0.25, 0.3) is 0 Å². The van der Waals surface area contributed by atoms with Crippen molar-refractivity contribution in [3.8, 4) is 0 Å². The van der Waals surface area contributed by atoms with Crippen LogP contribution in [-0.2, 0) is 13.0 Å². The first-order valence-corrected chi connectivity index (χ1v) is 6.67. The molecule has 3 nitrogen and oxygen atoms in total. The van der Waals surface area contributed by atoms with Gasteiger partial charge in [-0.1, -0.05) is 59.6 Å². The Kier molecular flexibility index (Phi) is 15.5. The van der Waals surface area contributed by atoms with E-state index in [4.69, 9.17) is 0 Å². The van der Waals surface area contributed by atoms with Gasteiger partial charge in [0.1, 0.15) is 0 Å². The smallest absolute Gasteiger partial charge is 0.0827 e. The van der Waals surface area contributed by atoms with Gasteiger partial charge in [-0.3, -0.25) is 4.68 Å².